The fraction of sp³-hybridized carbons (Fsp3) is 0.389. The largest absolute Gasteiger partial charge is 0.365 e. The number of benzene rings is 1. The van der Waals surface area contributed by atoms with E-state index in [0.717, 1.165) is 12.1 Å². The monoisotopic (exact) mass is 345 g/mol. The molecule has 1 aromatic carbocycles. The van der Waals surface area contributed by atoms with Crippen molar-refractivity contribution in [3.63, 3.8) is 0 Å². The number of nitrogens with one attached hydrogen (secondary N) is 1. The van der Waals surface area contributed by atoms with Crippen molar-refractivity contribution in [1.29, 1.82) is 0 Å². The van der Waals surface area contributed by atoms with Crippen molar-refractivity contribution in [2.45, 2.75) is 30.8 Å². The van der Waals surface area contributed by atoms with E-state index in [-0.39, 0.29) is 4.90 Å². The van der Waals surface area contributed by atoms with Crippen molar-refractivity contribution < 1.29 is 8.42 Å². The summed E-state index contributed by atoms with van der Waals surface area (Å²) in [5, 5.41) is 3.15. The summed E-state index contributed by atoms with van der Waals surface area (Å²) in [4.78, 5) is 6.87. The molecule has 1 fully saturated rings. The number of sulfone groups is 1. The molecule has 0 spiro atoms. The van der Waals surface area contributed by atoms with Crippen LogP contribution in [0.3, 0.4) is 0 Å². The Morgan fingerprint density at radius 1 is 1.12 bits per heavy atom. The number of likely N-dealkylation sites (tertiary alicyclic amines) is 1. The van der Waals surface area contributed by atoms with Crippen LogP contribution in [0.25, 0.3) is 0 Å². The minimum absolute atomic E-state index is 0.234. The number of pyridine rings is 1. The van der Waals surface area contributed by atoms with Crippen molar-refractivity contribution in [2.24, 2.45) is 0 Å². The SMILES string of the molecule is CS(=O)(=O)c1cccnc1NCc1cccc(CN2CCCC2)c1. The minimum Gasteiger partial charge on any atom is -0.365 e. The van der Waals surface area contributed by atoms with Gasteiger partial charge in [0.25, 0.3) is 0 Å². The van der Waals surface area contributed by atoms with Crippen LogP contribution in [0.1, 0.15) is 24.0 Å². The maximum absolute atomic E-state index is 11.8. The molecule has 1 N–H and O–H groups in total. The highest BCUT2D eigenvalue weighted by molar-refractivity contribution is 7.90. The molecule has 128 valence electrons. The molecule has 0 bridgehead atoms. The number of nitrogens with zero attached hydrogens (tertiary/aromatic N) is 2. The molecule has 1 saturated heterocycles. The summed E-state index contributed by atoms with van der Waals surface area (Å²) < 4.78 is 23.7. The molecule has 3 rings (SSSR count). The molecule has 0 saturated carbocycles. The van der Waals surface area contributed by atoms with Crippen molar-refractivity contribution in [2.75, 3.05) is 24.7 Å². The van der Waals surface area contributed by atoms with Crippen LogP contribution in [0, 0.1) is 0 Å². The van der Waals surface area contributed by atoms with E-state index in [2.05, 4.69) is 33.4 Å². The first-order valence-corrected chi connectivity index (χ1v) is 10.1. The second-order valence-corrected chi connectivity index (χ2v) is 8.26. The first-order chi connectivity index (χ1) is 11.5. The number of rotatable bonds is 6. The van der Waals surface area contributed by atoms with Gasteiger partial charge in [-0.2, -0.15) is 0 Å². The summed E-state index contributed by atoms with van der Waals surface area (Å²) in [5.41, 5.74) is 2.41. The van der Waals surface area contributed by atoms with Gasteiger partial charge in [0.05, 0.1) is 0 Å². The third-order valence-electron chi connectivity index (χ3n) is 4.23. The van der Waals surface area contributed by atoms with E-state index in [4.69, 9.17) is 0 Å². The second kappa shape index (κ2) is 7.32. The molecule has 0 radical (unpaired) electrons. The summed E-state index contributed by atoms with van der Waals surface area (Å²) in [6.45, 7) is 3.88. The molecule has 0 aliphatic carbocycles. The zero-order valence-corrected chi connectivity index (χ0v) is 14.7. The summed E-state index contributed by atoms with van der Waals surface area (Å²) >= 11 is 0. The molecule has 6 heteroatoms. The zero-order valence-electron chi connectivity index (χ0n) is 13.9. The van der Waals surface area contributed by atoms with Crippen molar-refractivity contribution in [3.05, 3.63) is 53.7 Å². The van der Waals surface area contributed by atoms with Gasteiger partial charge in [-0.1, -0.05) is 24.3 Å². The molecule has 0 unspecified atom stereocenters. The lowest BCUT2D eigenvalue weighted by Gasteiger charge is -2.15. The third kappa shape index (κ3) is 4.33. The first-order valence-electron chi connectivity index (χ1n) is 8.21. The Hall–Kier alpha value is -1.92. The fourth-order valence-corrected chi connectivity index (χ4v) is 3.85. The van der Waals surface area contributed by atoms with E-state index in [1.165, 1.54) is 37.8 Å². The highest BCUT2D eigenvalue weighted by Gasteiger charge is 2.14. The number of hydrogen-bond donors (Lipinski definition) is 1. The predicted molar refractivity (Wildman–Crippen MR) is 95.6 cm³/mol. The lowest BCUT2D eigenvalue weighted by atomic mass is 10.1. The highest BCUT2D eigenvalue weighted by atomic mass is 32.2. The summed E-state index contributed by atoms with van der Waals surface area (Å²) in [7, 11) is -3.29. The Morgan fingerprint density at radius 2 is 1.88 bits per heavy atom. The van der Waals surface area contributed by atoms with Crippen LogP contribution in [0.2, 0.25) is 0 Å². The van der Waals surface area contributed by atoms with Crippen LogP contribution in [0.15, 0.2) is 47.5 Å². The van der Waals surface area contributed by atoms with E-state index >= 15 is 0 Å². The normalized spacial score (nSPS) is 15.5. The third-order valence-corrected chi connectivity index (χ3v) is 5.35. The van der Waals surface area contributed by atoms with Crippen molar-refractivity contribution in [1.82, 2.24) is 9.88 Å². The minimum atomic E-state index is -3.29. The first kappa shape index (κ1) is 16.9. The van der Waals surface area contributed by atoms with Gasteiger partial charge in [-0.05, 0) is 49.2 Å². The van der Waals surface area contributed by atoms with Gasteiger partial charge in [0.2, 0.25) is 0 Å². The Bertz CT molecular complexity index is 799. The van der Waals surface area contributed by atoms with Gasteiger partial charge in [0, 0.05) is 25.5 Å². The van der Waals surface area contributed by atoms with Crippen molar-refractivity contribution >= 4 is 15.7 Å². The molecule has 1 aliphatic rings. The van der Waals surface area contributed by atoms with Crippen LogP contribution < -0.4 is 5.32 Å². The van der Waals surface area contributed by atoms with Crippen LogP contribution in [0.5, 0.6) is 0 Å². The predicted octanol–water partition coefficient (Wildman–Crippen LogP) is 2.69. The molecule has 0 amide bonds. The molecule has 0 atom stereocenters. The van der Waals surface area contributed by atoms with E-state index in [9.17, 15) is 8.42 Å². The summed E-state index contributed by atoms with van der Waals surface area (Å²) in [6.07, 6.45) is 5.37. The Morgan fingerprint density at radius 3 is 2.62 bits per heavy atom. The van der Waals surface area contributed by atoms with E-state index in [1.807, 2.05) is 6.07 Å². The highest BCUT2D eigenvalue weighted by Crippen LogP contribution is 2.19. The van der Waals surface area contributed by atoms with E-state index in [1.54, 1.807) is 18.3 Å². The van der Waals surface area contributed by atoms with Crippen LogP contribution >= 0.6 is 0 Å². The standard InChI is InChI=1S/C18H23N3O2S/c1-24(22,23)17-8-5-9-19-18(17)20-13-15-6-4-7-16(12-15)14-21-10-2-3-11-21/h4-9,12H,2-3,10-11,13-14H2,1H3,(H,19,20). The van der Waals surface area contributed by atoms with Gasteiger partial charge in [-0.25, -0.2) is 13.4 Å². The molecular weight excluding hydrogens is 322 g/mol. The molecule has 2 aromatic rings. The smallest absolute Gasteiger partial charge is 0.179 e. The van der Waals surface area contributed by atoms with Gasteiger partial charge < -0.3 is 5.32 Å². The average molecular weight is 345 g/mol. The average Bonchev–Trinajstić information content (AvgIpc) is 3.06. The van der Waals surface area contributed by atoms with Crippen LogP contribution in [-0.4, -0.2) is 37.6 Å². The quantitative estimate of drug-likeness (QED) is 0.872. The maximum atomic E-state index is 11.8. The maximum Gasteiger partial charge on any atom is 0.179 e. The van der Waals surface area contributed by atoms with E-state index in [0.29, 0.717) is 12.4 Å². The molecule has 24 heavy (non-hydrogen) atoms. The lowest BCUT2D eigenvalue weighted by Crippen LogP contribution is -2.18. The van der Waals surface area contributed by atoms with E-state index < -0.39 is 9.84 Å². The second-order valence-electron chi connectivity index (χ2n) is 6.28. The number of aromatic nitrogens is 1. The van der Waals surface area contributed by atoms with Gasteiger partial charge in [-0.15, -0.1) is 0 Å². The Balaban J connectivity index is 1.69. The van der Waals surface area contributed by atoms with Gasteiger partial charge in [0.15, 0.2) is 9.84 Å². The topological polar surface area (TPSA) is 62.3 Å². The van der Waals surface area contributed by atoms with Crippen LogP contribution in [-0.2, 0) is 22.9 Å². The Kier molecular flexibility index (Phi) is 5.16. The summed E-state index contributed by atoms with van der Waals surface area (Å²) in [5.74, 6) is 0.407. The molecule has 1 aliphatic heterocycles. The molecule has 2 heterocycles. The molecule has 5 nitrogen and oxygen atoms in total. The van der Waals surface area contributed by atoms with Gasteiger partial charge in [-0.3, -0.25) is 4.90 Å². The van der Waals surface area contributed by atoms with Gasteiger partial charge >= 0.3 is 0 Å². The molecular formula is C18H23N3O2S. The fourth-order valence-electron chi connectivity index (χ4n) is 3.05. The van der Waals surface area contributed by atoms with Crippen molar-refractivity contribution in [3.8, 4) is 0 Å². The number of anilines is 1. The number of hydrogen-bond acceptors (Lipinski definition) is 5. The Labute approximate surface area is 143 Å². The zero-order chi connectivity index (χ0) is 17.0. The van der Waals surface area contributed by atoms with Crippen LogP contribution in [0.4, 0.5) is 5.82 Å². The lowest BCUT2D eigenvalue weighted by molar-refractivity contribution is 0.331. The molecule has 1 aromatic heterocycles. The summed E-state index contributed by atoms with van der Waals surface area (Å²) in [6, 6.07) is 11.6. The van der Waals surface area contributed by atoms with Gasteiger partial charge in [0.1, 0.15) is 10.7 Å².